The third-order valence-electron chi connectivity index (χ3n) is 6.25. The second-order valence-electron chi connectivity index (χ2n) is 8.44. The van der Waals surface area contributed by atoms with Crippen molar-refractivity contribution in [3.8, 4) is 11.1 Å². The lowest BCUT2D eigenvalue weighted by Gasteiger charge is -2.18. The average Bonchev–Trinajstić information content (AvgIpc) is 3.44. The molecular formula is C25H28N2O7. The van der Waals surface area contributed by atoms with Crippen molar-refractivity contribution in [1.82, 2.24) is 10.6 Å². The van der Waals surface area contributed by atoms with Crippen molar-refractivity contribution in [2.75, 3.05) is 19.8 Å². The van der Waals surface area contributed by atoms with Crippen LogP contribution in [-0.2, 0) is 19.1 Å². The van der Waals surface area contributed by atoms with E-state index in [0.29, 0.717) is 12.8 Å². The molecule has 0 bridgehead atoms. The van der Waals surface area contributed by atoms with E-state index in [2.05, 4.69) is 22.8 Å². The molecule has 1 saturated heterocycles. The fourth-order valence-electron chi connectivity index (χ4n) is 4.55. The van der Waals surface area contributed by atoms with Gasteiger partial charge in [-0.1, -0.05) is 48.5 Å². The molecular weight excluding hydrogens is 440 g/mol. The fourth-order valence-corrected chi connectivity index (χ4v) is 4.55. The highest BCUT2D eigenvalue weighted by Crippen LogP contribution is 2.44. The van der Waals surface area contributed by atoms with Gasteiger partial charge in [-0.15, -0.1) is 0 Å². The van der Waals surface area contributed by atoms with Gasteiger partial charge >= 0.3 is 12.1 Å². The van der Waals surface area contributed by atoms with Crippen molar-refractivity contribution in [1.29, 1.82) is 0 Å². The smallest absolute Gasteiger partial charge is 0.407 e. The van der Waals surface area contributed by atoms with Crippen LogP contribution in [0.15, 0.2) is 48.5 Å². The number of aliphatic carboxylic acids is 1. The van der Waals surface area contributed by atoms with Gasteiger partial charge in [-0.25, -0.2) is 9.59 Å². The number of hydrogen-bond acceptors (Lipinski definition) is 6. The first-order valence-corrected chi connectivity index (χ1v) is 11.4. The molecule has 0 radical (unpaired) electrons. The first-order chi connectivity index (χ1) is 16.5. The molecule has 9 heteroatoms. The molecule has 4 rings (SSSR count). The second-order valence-corrected chi connectivity index (χ2v) is 8.44. The van der Waals surface area contributed by atoms with Crippen LogP contribution in [0, 0.1) is 0 Å². The van der Waals surface area contributed by atoms with E-state index in [1.54, 1.807) is 0 Å². The van der Waals surface area contributed by atoms with E-state index in [1.807, 2.05) is 36.4 Å². The van der Waals surface area contributed by atoms with Crippen LogP contribution in [0.25, 0.3) is 11.1 Å². The minimum atomic E-state index is -1.21. The first-order valence-electron chi connectivity index (χ1n) is 11.4. The number of amides is 2. The van der Waals surface area contributed by atoms with Crippen LogP contribution in [0.3, 0.4) is 0 Å². The van der Waals surface area contributed by atoms with Gasteiger partial charge in [-0.3, -0.25) is 4.79 Å². The molecule has 0 saturated carbocycles. The lowest BCUT2D eigenvalue weighted by molar-refractivity contribution is -0.144. The highest BCUT2D eigenvalue weighted by atomic mass is 16.5. The number of alkyl carbamates (subject to hydrolysis) is 1. The molecule has 2 aromatic carbocycles. The minimum absolute atomic E-state index is 0.0324. The Kier molecular flexibility index (Phi) is 7.44. The van der Waals surface area contributed by atoms with Gasteiger partial charge in [-0.05, 0) is 35.1 Å². The summed E-state index contributed by atoms with van der Waals surface area (Å²) in [6.45, 7) is 0.0345. The molecule has 0 aromatic heterocycles. The van der Waals surface area contributed by atoms with E-state index in [1.165, 1.54) is 0 Å². The second kappa shape index (κ2) is 10.7. The molecule has 2 aliphatic rings. The summed E-state index contributed by atoms with van der Waals surface area (Å²) in [4.78, 5) is 35.8. The van der Waals surface area contributed by atoms with E-state index < -0.39 is 30.1 Å². The molecule has 2 amide bonds. The molecule has 9 nitrogen and oxygen atoms in total. The van der Waals surface area contributed by atoms with E-state index >= 15 is 0 Å². The molecule has 2 aromatic rings. The molecule has 1 aliphatic carbocycles. The third-order valence-corrected chi connectivity index (χ3v) is 6.25. The molecule has 0 spiro atoms. The summed E-state index contributed by atoms with van der Waals surface area (Å²) in [5, 5.41) is 23.1. The number of carbonyl (C=O) groups is 3. The lowest BCUT2D eigenvalue weighted by atomic mass is 9.98. The van der Waals surface area contributed by atoms with Gasteiger partial charge in [-0.2, -0.15) is 0 Å². The maximum atomic E-state index is 12.3. The summed E-state index contributed by atoms with van der Waals surface area (Å²) < 4.78 is 11.2. The van der Waals surface area contributed by atoms with Crippen molar-refractivity contribution in [3.05, 3.63) is 59.7 Å². The van der Waals surface area contributed by atoms with Gasteiger partial charge in [0.2, 0.25) is 5.91 Å². The van der Waals surface area contributed by atoms with Gasteiger partial charge < -0.3 is 30.3 Å². The summed E-state index contributed by atoms with van der Waals surface area (Å²) in [6, 6.07) is 15.0. The Morgan fingerprint density at radius 1 is 1.03 bits per heavy atom. The van der Waals surface area contributed by atoms with Crippen molar-refractivity contribution in [3.63, 3.8) is 0 Å². The highest BCUT2D eigenvalue weighted by Gasteiger charge is 2.33. The van der Waals surface area contributed by atoms with Gasteiger partial charge in [0.15, 0.2) is 0 Å². The van der Waals surface area contributed by atoms with Crippen LogP contribution < -0.4 is 10.6 Å². The zero-order valence-electron chi connectivity index (χ0n) is 18.6. The number of benzene rings is 2. The number of ether oxygens (including phenoxy) is 2. The average molecular weight is 469 g/mol. The number of fused-ring (bicyclic) bond motifs is 3. The molecule has 1 heterocycles. The van der Waals surface area contributed by atoms with E-state index in [0.717, 1.165) is 22.3 Å². The Balaban J connectivity index is 1.24. The summed E-state index contributed by atoms with van der Waals surface area (Å²) in [7, 11) is 0. The van der Waals surface area contributed by atoms with Crippen LogP contribution >= 0.6 is 0 Å². The molecule has 3 atom stereocenters. The van der Waals surface area contributed by atoms with Gasteiger partial charge in [0.05, 0.1) is 6.10 Å². The van der Waals surface area contributed by atoms with Crippen molar-refractivity contribution >= 4 is 18.0 Å². The van der Waals surface area contributed by atoms with Crippen LogP contribution in [0.5, 0.6) is 0 Å². The lowest BCUT2D eigenvalue weighted by Crippen LogP contribution is -2.46. The predicted molar refractivity (Wildman–Crippen MR) is 122 cm³/mol. The van der Waals surface area contributed by atoms with Gasteiger partial charge in [0.1, 0.15) is 18.8 Å². The minimum Gasteiger partial charge on any atom is -0.480 e. The number of carbonyl (C=O) groups excluding carboxylic acids is 2. The van der Waals surface area contributed by atoms with Crippen molar-refractivity contribution in [2.45, 2.75) is 43.4 Å². The molecule has 4 N–H and O–H groups in total. The Morgan fingerprint density at radius 2 is 1.68 bits per heavy atom. The molecule has 1 aliphatic heterocycles. The summed E-state index contributed by atoms with van der Waals surface area (Å²) in [5.41, 5.74) is 4.57. The highest BCUT2D eigenvalue weighted by molar-refractivity contribution is 5.86. The van der Waals surface area contributed by atoms with Gasteiger partial charge in [0, 0.05) is 25.5 Å². The molecule has 180 valence electrons. The van der Waals surface area contributed by atoms with E-state index in [4.69, 9.17) is 19.7 Å². The largest absolute Gasteiger partial charge is 0.480 e. The Hall–Kier alpha value is -3.43. The van der Waals surface area contributed by atoms with Crippen molar-refractivity contribution in [2.24, 2.45) is 0 Å². The van der Waals surface area contributed by atoms with E-state index in [-0.39, 0.29) is 38.2 Å². The Labute approximate surface area is 197 Å². The number of nitrogens with one attached hydrogen (secondary N) is 2. The van der Waals surface area contributed by atoms with Crippen LogP contribution in [0.4, 0.5) is 4.79 Å². The summed E-state index contributed by atoms with van der Waals surface area (Å²) in [6.07, 6.45) is -0.867. The maximum absolute atomic E-state index is 12.3. The van der Waals surface area contributed by atoms with Crippen LogP contribution in [0.1, 0.15) is 36.3 Å². The Morgan fingerprint density at radius 3 is 2.29 bits per heavy atom. The maximum Gasteiger partial charge on any atom is 0.407 e. The monoisotopic (exact) mass is 468 g/mol. The number of carboxylic acids is 1. The normalized spacial score (nSPS) is 19.7. The predicted octanol–water partition coefficient (Wildman–Crippen LogP) is 2.02. The fraction of sp³-hybridized carbons (Fsp3) is 0.400. The standard InChI is InChI=1S/C25H28N2O7/c28-12-11-21(24(30)31)27-23(29)22-10-9-15(34-22)13-26-25(32)33-14-20-18-7-3-1-5-16(18)17-6-2-4-8-19(17)20/h1-8,15,20-22,28H,9-14H2,(H,26,32)(H,27,29)(H,30,31)/t15?,21-,22?/m0/s1. The molecule has 1 fully saturated rings. The number of hydrogen-bond donors (Lipinski definition) is 4. The number of aliphatic hydroxyl groups excluding tert-OH is 1. The molecule has 2 unspecified atom stereocenters. The third kappa shape index (κ3) is 5.21. The quantitative estimate of drug-likeness (QED) is 0.442. The molecule has 34 heavy (non-hydrogen) atoms. The first kappa shape index (κ1) is 23.7. The Bertz CT molecular complexity index is 1010. The van der Waals surface area contributed by atoms with Crippen molar-refractivity contribution < 1.29 is 34.1 Å². The van der Waals surface area contributed by atoms with E-state index in [9.17, 15) is 14.4 Å². The SMILES string of the molecule is O=C(NCC1CCC(C(=O)N[C@@H](CCO)C(=O)O)O1)OCC1c2ccccc2-c2ccccc21. The van der Waals surface area contributed by atoms with Gasteiger partial charge in [0.25, 0.3) is 0 Å². The van der Waals surface area contributed by atoms with Crippen LogP contribution in [-0.4, -0.2) is 66.2 Å². The number of carboxylic acid groups (broad SMARTS) is 1. The number of rotatable bonds is 9. The topological polar surface area (TPSA) is 134 Å². The summed E-state index contributed by atoms with van der Waals surface area (Å²) >= 11 is 0. The zero-order chi connectivity index (χ0) is 24.1. The zero-order valence-corrected chi connectivity index (χ0v) is 18.6. The summed E-state index contributed by atoms with van der Waals surface area (Å²) in [5.74, 6) is -1.78. The van der Waals surface area contributed by atoms with Crippen LogP contribution in [0.2, 0.25) is 0 Å². The number of aliphatic hydroxyl groups is 1.